The Hall–Kier alpha value is -2.77. The summed E-state index contributed by atoms with van der Waals surface area (Å²) >= 11 is 0. The highest BCUT2D eigenvalue weighted by molar-refractivity contribution is 5.68. The monoisotopic (exact) mass is 495 g/mol. The van der Waals surface area contributed by atoms with Crippen molar-refractivity contribution in [2.24, 2.45) is 11.8 Å². The third-order valence-electron chi connectivity index (χ3n) is 8.12. The van der Waals surface area contributed by atoms with Crippen LogP contribution in [0.3, 0.4) is 0 Å². The van der Waals surface area contributed by atoms with Crippen LogP contribution >= 0.6 is 0 Å². The van der Waals surface area contributed by atoms with E-state index in [0.29, 0.717) is 17.6 Å². The number of carboxylic acids is 1. The number of hydrogen-bond donors (Lipinski definition) is 1. The Morgan fingerprint density at radius 2 is 1.81 bits per heavy atom. The predicted octanol–water partition coefficient (Wildman–Crippen LogP) is 5.08. The first kappa shape index (κ1) is 24.9. The Kier molecular flexibility index (Phi) is 7.13. The Balaban J connectivity index is 1.23. The smallest absolute Gasteiger partial charge is 0.341 e. The van der Waals surface area contributed by atoms with E-state index in [9.17, 15) is 4.79 Å². The largest absolute Gasteiger partial charge is 0.493 e. The van der Waals surface area contributed by atoms with Gasteiger partial charge in [-0.05, 0) is 70.7 Å². The van der Waals surface area contributed by atoms with Crippen LogP contribution in [0.1, 0.15) is 56.8 Å². The fourth-order valence-corrected chi connectivity index (χ4v) is 6.20. The topological polar surface area (TPSA) is 77.5 Å². The minimum absolute atomic E-state index is 0.0221. The number of piperidine rings is 1. The molecule has 2 aromatic carbocycles. The molecule has 0 radical (unpaired) electrons. The number of hydrogen-bond acceptors (Lipinski definition) is 6. The summed E-state index contributed by atoms with van der Waals surface area (Å²) in [6.45, 7) is 6.75. The van der Waals surface area contributed by atoms with E-state index in [0.717, 1.165) is 67.9 Å². The molecule has 0 unspecified atom stereocenters. The van der Waals surface area contributed by atoms with Gasteiger partial charge in [-0.2, -0.15) is 0 Å². The molecule has 0 bridgehead atoms. The summed E-state index contributed by atoms with van der Waals surface area (Å²) in [4.78, 5) is 13.4. The first-order chi connectivity index (χ1) is 17.4. The van der Waals surface area contributed by atoms with Crippen LogP contribution in [0, 0.1) is 11.8 Å². The first-order valence-corrected chi connectivity index (χ1v) is 13.0. The Labute approximate surface area is 213 Å². The summed E-state index contributed by atoms with van der Waals surface area (Å²) in [7, 11) is 1.69. The lowest BCUT2D eigenvalue weighted by atomic mass is 9.73. The maximum atomic E-state index is 10.9. The summed E-state index contributed by atoms with van der Waals surface area (Å²) in [6.07, 6.45) is 4.59. The van der Waals surface area contributed by atoms with Crippen LogP contribution in [0.5, 0.6) is 17.2 Å². The first-order valence-electron chi connectivity index (χ1n) is 13.0. The lowest BCUT2D eigenvalue weighted by Gasteiger charge is -2.50. The van der Waals surface area contributed by atoms with E-state index >= 15 is 0 Å². The van der Waals surface area contributed by atoms with Gasteiger partial charge in [0.2, 0.25) is 0 Å². The number of fused-ring (bicyclic) bond motifs is 3. The van der Waals surface area contributed by atoms with Gasteiger partial charge in [-0.1, -0.05) is 30.3 Å². The standard InChI is InChI=1S/C29H37NO6/c1-29(2)22-11-12-24(35-27(22)21-8-6-10-25(33-3)28(21)36-29)19-13-15-30(16-14-19)17-20-7-4-5-9-23(20)34-18-26(31)32/h4-10,19,22,24,27H,11-18H2,1-3H3,(H,31,32)/t22-,24+,27+/m0/s1. The molecule has 194 valence electrons. The molecule has 7 nitrogen and oxygen atoms in total. The van der Waals surface area contributed by atoms with Gasteiger partial charge in [-0.25, -0.2) is 4.79 Å². The summed E-state index contributed by atoms with van der Waals surface area (Å²) in [6, 6.07) is 13.8. The molecule has 2 saturated heterocycles. The number of benzene rings is 2. The second kappa shape index (κ2) is 10.3. The SMILES string of the molecule is COc1cccc2c1OC(C)(C)[C@H]1CC[C@H](C3CCN(Cc4ccccc4OCC(=O)O)CC3)O[C@H]21. The zero-order chi connectivity index (χ0) is 25.3. The third kappa shape index (κ3) is 5.04. The predicted molar refractivity (Wildman–Crippen MR) is 136 cm³/mol. The van der Waals surface area contributed by atoms with E-state index in [1.165, 1.54) is 0 Å². The number of likely N-dealkylation sites (tertiary alicyclic amines) is 1. The second-order valence-corrected chi connectivity index (χ2v) is 10.8. The number of rotatable bonds is 7. The highest BCUT2D eigenvalue weighted by atomic mass is 16.5. The number of methoxy groups -OCH3 is 1. The molecule has 0 spiro atoms. The van der Waals surface area contributed by atoms with Crippen LogP contribution in [0.2, 0.25) is 0 Å². The minimum atomic E-state index is -0.964. The van der Waals surface area contributed by atoms with Gasteiger partial charge in [0.25, 0.3) is 0 Å². The summed E-state index contributed by atoms with van der Waals surface area (Å²) in [5, 5.41) is 8.96. The molecule has 3 aliphatic rings. The van der Waals surface area contributed by atoms with E-state index in [1.807, 2.05) is 36.4 Å². The van der Waals surface area contributed by atoms with Gasteiger partial charge in [0.15, 0.2) is 18.1 Å². The highest BCUT2D eigenvalue weighted by Crippen LogP contribution is 2.54. The zero-order valence-electron chi connectivity index (χ0n) is 21.4. The lowest BCUT2D eigenvalue weighted by molar-refractivity contribution is -0.168. The number of ether oxygens (including phenoxy) is 4. The number of aliphatic carboxylic acids is 1. The molecule has 36 heavy (non-hydrogen) atoms. The van der Waals surface area contributed by atoms with Crippen molar-refractivity contribution in [2.75, 3.05) is 26.8 Å². The molecule has 2 fully saturated rings. The maximum Gasteiger partial charge on any atom is 0.341 e. The molecule has 3 heterocycles. The van der Waals surface area contributed by atoms with Crippen molar-refractivity contribution in [2.45, 2.75) is 63.9 Å². The average molecular weight is 496 g/mol. The van der Waals surface area contributed by atoms with Gasteiger partial charge in [0.05, 0.1) is 19.3 Å². The Morgan fingerprint density at radius 1 is 1.06 bits per heavy atom. The fourth-order valence-electron chi connectivity index (χ4n) is 6.20. The number of para-hydroxylation sites is 2. The van der Waals surface area contributed by atoms with E-state index in [2.05, 4.69) is 24.8 Å². The summed E-state index contributed by atoms with van der Waals surface area (Å²) < 4.78 is 24.4. The quantitative estimate of drug-likeness (QED) is 0.574. The maximum absolute atomic E-state index is 10.9. The molecular weight excluding hydrogens is 458 g/mol. The van der Waals surface area contributed by atoms with Crippen molar-refractivity contribution < 1.29 is 28.8 Å². The van der Waals surface area contributed by atoms with Crippen molar-refractivity contribution >= 4 is 5.97 Å². The highest BCUT2D eigenvalue weighted by Gasteiger charge is 2.49. The van der Waals surface area contributed by atoms with Crippen molar-refractivity contribution in [1.29, 1.82) is 0 Å². The number of carbonyl (C=O) groups is 1. The fraction of sp³-hybridized carbons (Fsp3) is 0.552. The van der Waals surface area contributed by atoms with Crippen LogP contribution in [-0.4, -0.2) is 54.5 Å². The number of carboxylic acid groups (broad SMARTS) is 1. The zero-order valence-corrected chi connectivity index (χ0v) is 21.4. The molecule has 5 rings (SSSR count). The molecule has 3 aliphatic heterocycles. The molecule has 0 aromatic heterocycles. The lowest BCUT2D eigenvalue weighted by Crippen LogP contribution is -2.50. The van der Waals surface area contributed by atoms with Crippen LogP contribution in [0.25, 0.3) is 0 Å². The third-order valence-corrected chi connectivity index (χ3v) is 8.12. The molecule has 1 N–H and O–H groups in total. The summed E-state index contributed by atoms with van der Waals surface area (Å²) in [5.74, 6) is 2.13. The van der Waals surface area contributed by atoms with E-state index in [4.69, 9.17) is 24.1 Å². The average Bonchev–Trinajstić information content (AvgIpc) is 2.88. The molecule has 0 aliphatic carbocycles. The van der Waals surface area contributed by atoms with Gasteiger partial charge in [0.1, 0.15) is 11.4 Å². The van der Waals surface area contributed by atoms with E-state index in [-0.39, 0.29) is 24.4 Å². The van der Waals surface area contributed by atoms with Crippen LogP contribution in [0.15, 0.2) is 42.5 Å². The molecule has 0 saturated carbocycles. The van der Waals surface area contributed by atoms with Crippen molar-refractivity contribution in [3.05, 3.63) is 53.6 Å². The van der Waals surface area contributed by atoms with Crippen molar-refractivity contribution in [3.63, 3.8) is 0 Å². The van der Waals surface area contributed by atoms with Crippen LogP contribution in [-0.2, 0) is 16.1 Å². The number of nitrogens with zero attached hydrogens (tertiary/aromatic N) is 1. The summed E-state index contributed by atoms with van der Waals surface area (Å²) in [5.41, 5.74) is 1.83. The van der Waals surface area contributed by atoms with E-state index in [1.54, 1.807) is 7.11 Å². The molecule has 0 amide bonds. The normalized spacial score (nSPS) is 25.8. The molecule has 3 atom stereocenters. The Bertz CT molecular complexity index is 1080. The minimum Gasteiger partial charge on any atom is -0.493 e. The van der Waals surface area contributed by atoms with Gasteiger partial charge in [-0.3, -0.25) is 4.90 Å². The van der Waals surface area contributed by atoms with Gasteiger partial charge in [-0.15, -0.1) is 0 Å². The molecule has 2 aromatic rings. The van der Waals surface area contributed by atoms with Gasteiger partial charge < -0.3 is 24.1 Å². The van der Waals surface area contributed by atoms with Gasteiger partial charge in [0, 0.05) is 23.6 Å². The van der Waals surface area contributed by atoms with Crippen LogP contribution < -0.4 is 14.2 Å². The van der Waals surface area contributed by atoms with Crippen molar-refractivity contribution in [3.8, 4) is 17.2 Å². The Morgan fingerprint density at radius 3 is 2.56 bits per heavy atom. The molecule has 7 heteroatoms. The van der Waals surface area contributed by atoms with Gasteiger partial charge >= 0.3 is 5.97 Å². The molecular formula is C29H37NO6. The van der Waals surface area contributed by atoms with E-state index < -0.39 is 5.97 Å². The second-order valence-electron chi connectivity index (χ2n) is 10.8. The van der Waals surface area contributed by atoms with Crippen molar-refractivity contribution in [1.82, 2.24) is 4.90 Å². The van der Waals surface area contributed by atoms with Crippen LogP contribution in [0.4, 0.5) is 0 Å².